The molecule has 0 radical (unpaired) electrons. The number of methoxy groups -OCH3 is 1. The van der Waals surface area contributed by atoms with Gasteiger partial charge in [-0.15, -0.1) is 0 Å². The second-order valence-corrected chi connectivity index (χ2v) is 6.93. The van der Waals surface area contributed by atoms with Gasteiger partial charge in [0.15, 0.2) is 5.88 Å². The molecule has 2 saturated heterocycles. The Morgan fingerprint density at radius 1 is 1.16 bits per heavy atom. The van der Waals surface area contributed by atoms with Crippen LogP contribution in [0.3, 0.4) is 0 Å². The average molecular weight is 426 g/mol. The van der Waals surface area contributed by atoms with Crippen LogP contribution in [0.2, 0.25) is 0 Å². The Hall–Kier alpha value is -3.79. The van der Waals surface area contributed by atoms with E-state index in [9.17, 15) is 14.4 Å². The molecule has 2 N–H and O–H groups in total. The predicted octanol–water partition coefficient (Wildman–Crippen LogP) is 1.66. The van der Waals surface area contributed by atoms with E-state index in [0.717, 1.165) is 18.0 Å². The first-order chi connectivity index (χ1) is 15.0. The molecular formula is C21H22N4O6. The van der Waals surface area contributed by atoms with Crippen LogP contribution in [0.25, 0.3) is 6.08 Å². The van der Waals surface area contributed by atoms with Crippen LogP contribution >= 0.6 is 0 Å². The number of anilines is 2. The molecular weight excluding hydrogens is 404 g/mol. The van der Waals surface area contributed by atoms with Crippen molar-refractivity contribution in [1.29, 1.82) is 0 Å². The van der Waals surface area contributed by atoms with Crippen LogP contribution in [0.5, 0.6) is 5.75 Å². The highest BCUT2D eigenvalue weighted by Gasteiger charge is 2.35. The fourth-order valence-corrected chi connectivity index (χ4v) is 3.25. The van der Waals surface area contributed by atoms with Gasteiger partial charge in [0, 0.05) is 30.9 Å². The molecule has 2 aliphatic heterocycles. The van der Waals surface area contributed by atoms with Crippen molar-refractivity contribution < 1.29 is 28.3 Å². The maximum atomic E-state index is 12.6. The van der Waals surface area contributed by atoms with Crippen molar-refractivity contribution in [2.45, 2.75) is 0 Å². The molecule has 4 amide bonds. The fourth-order valence-electron chi connectivity index (χ4n) is 3.25. The van der Waals surface area contributed by atoms with Crippen LogP contribution in [-0.4, -0.2) is 62.7 Å². The Bertz CT molecular complexity index is 1010. The van der Waals surface area contributed by atoms with E-state index in [1.807, 2.05) is 4.90 Å². The summed E-state index contributed by atoms with van der Waals surface area (Å²) in [6.07, 6.45) is 1.45. The maximum absolute atomic E-state index is 12.6. The molecule has 2 fully saturated rings. The van der Waals surface area contributed by atoms with Crippen molar-refractivity contribution in [2.24, 2.45) is 0 Å². The lowest BCUT2D eigenvalue weighted by Crippen LogP contribution is -2.38. The summed E-state index contributed by atoms with van der Waals surface area (Å²) in [5.41, 5.74) is 0.574. The number of carbonyl (C=O) groups excluding carboxylic acids is 3. The summed E-state index contributed by atoms with van der Waals surface area (Å²) < 4.78 is 16.2. The number of urea groups is 1. The standard InChI is InChI=1S/C21H22N4O6/c1-29-15-4-2-14(3-5-15)22-18(26)13-25-20(27)17(23-21(25)28)12-16-6-7-19(31-16)24-8-10-30-11-9-24/h2-7,12H,8-11,13H2,1H3,(H,22,26)(H,23,28)/b17-12-. The quantitative estimate of drug-likeness (QED) is 0.533. The highest BCUT2D eigenvalue weighted by molar-refractivity contribution is 6.15. The Morgan fingerprint density at radius 2 is 1.90 bits per heavy atom. The number of rotatable bonds is 6. The summed E-state index contributed by atoms with van der Waals surface area (Å²) in [5, 5.41) is 5.13. The van der Waals surface area contributed by atoms with Crippen LogP contribution in [0, 0.1) is 0 Å². The van der Waals surface area contributed by atoms with Gasteiger partial charge in [-0.25, -0.2) is 9.69 Å². The molecule has 1 aromatic heterocycles. The van der Waals surface area contributed by atoms with Crippen LogP contribution in [0.15, 0.2) is 46.5 Å². The Labute approximate surface area is 178 Å². The van der Waals surface area contributed by atoms with Gasteiger partial charge in [0.05, 0.1) is 20.3 Å². The number of benzene rings is 1. The molecule has 0 unspecified atom stereocenters. The van der Waals surface area contributed by atoms with E-state index < -0.39 is 24.4 Å². The van der Waals surface area contributed by atoms with Gasteiger partial charge in [0.1, 0.15) is 23.8 Å². The number of carbonyl (C=O) groups is 3. The van der Waals surface area contributed by atoms with Gasteiger partial charge in [-0.1, -0.05) is 0 Å². The third kappa shape index (κ3) is 4.69. The monoisotopic (exact) mass is 426 g/mol. The first-order valence-corrected chi connectivity index (χ1v) is 9.74. The molecule has 10 nitrogen and oxygen atoms in total. The summed E-state index contributed by atoms with van der Waals surface area (Å²) in [4.78, 5) is 40.0. The molecule has 2 aromatic rings. The van der Waals surface area contributed by atoms with Gasteiger partial charge in [-0.2, -0.15) is 0 Å². The Kier molecular flexibility index (Phi) is 5.89. The van der Waals surface area contributed by atoms with Gasteiger partial charge in [0.25, 0.3) is 5.91 Å². The number of nitrogens with zero attached hydrogens (tertiary/aromatic N) is 2. The number of morpholine rings is 1. The Balaban J connectivity index is 1.38. The fraction of sp³-hybridized carbons (Fsp3) is 0.286. The average Bonchev–Trinajstić information content (AvgIpc) is 3.35. The molecule has 162 valence electrons. The highest BCUT2D eigenvalue weighted by Crippen LogP contribution is 2.22. The molecule has 1 aromatic carbocycles. The summed E-state index contributed by atoms with van der Waals surface area (Å²) in [7, 11) is 1.54. The normalized spacial score (nSPS) is 17.8. The van der Waals surface area contributed by atoms with Crippen LogP contribution in [0.1, 0.15) is 5.76 Å². The third-order valence-corrected chi connectivity index (χ3v) is 4.86. The minimum absolute atomic E-state index is 0.0464. The smallest absolute Gasteiger partial charge is 0.329 e. The molecule has 3 heterocycles. The lowest BCUT2D eigenvalue weighted by Gasteiger charge is -2.26. The van der Waals surface area contributed by atoms with E-state index in [4.69, 9.17) is 13.9 Å². The van der Waals surface area contributed by atoms with Gasteiger partial charge in [0.2, 0.25) is 5.91 Å². The second kappa shape index (κ2) is 8.92. The SMILES string of the molecule is COc1ccc(NC(=O)CN2C(=O)N/C(=C\c3ccc(N4CCOCC4)o3)C2=O)cc1. The van der Waals surface area contributed by atoms with Crippen LogP contribution in [0.4, 0.5) is 16.4 Å². The molecule has 0 spiro atoms. The summed E-state index contributed by atoms with van der Waals surface area (Å²) in [5.74, 6) is 0.649. The van der Waals surface area contributed by atoms with E-state index in [2.05, 4.69) is 10.6 Å². The summed E-state index contributed by atoms with van der Waals surface area (Å²) >= 11 is 0. The number of hydrogen-bond donors (Lipinski definition) is 2. The maximum Gasteiger partial charge on any atom is 0.329 e. The first kappa shape index (κ1) is 20.5. The summed E-state index contributed by atoms with van der Waals surface area (Å²) in [6, 6.07) is 9.57. The van der Waals surface area contributed by atoms with Crippen LogP contribution < -0.4 is 20.3 Å². The van der Waals surface area contributed by atoms with Gasteiger partial charge >= 0.3 is 6.03 Å². The molecule has 10 heteroatoms. The largest absolute Gasteiger partial charge is 0.497 e. The molecule has 0 aliphatic carbocycles. The van der Waals surface area contributed by atoms with E-state index in [-0.39, 0.29) is 5.70 Å². The Morgan fingerprint density at radius 3 is 2.61 bits per heavy atom. The van der Waals surface area contributed by atoms with Gasteiger partial charge < -0.3 is 29.4 Å². The molecule has 0 atom stereocenters. The zero-order valence-electron chi connectivity index (χ0n) is 16.9. The van der Waals surface area contributed by atoms with Gasteiger partial charge in [-0.3, -0.25) is 9.59 Å². The lowest BCUT2D eigenvalue weighted by molar-refractivity contribution is -0.127. The van der Waals surface area contributed by atoms with Crippen molar-refractivity contribution in [3.05, 3.63) is 47.9 Å². The third-order valence-electron chi connectivity index (χ3n) is 4.86. The molecule has 0 saturated carbocycles. The van der Waals surface area contributed by atoms with Crippen molar-refractivity contribution >= 4 is 35.5 Å². The number of imide groups is 1. The minimum atomic E-state index is -0.666. The second-order valence-electron chi connectivity index (χ2n) is 6.93. The molecule has 0 bridgehead atoms. The van der Waals surface area contributed by atoms with E-state index in [1.54, 1.807) is 43.5 Å². The summed E-state index contributed by atoms with van der Waals surface area (Å²) in [6.45, 7) is 2.27. The van der Waals surface area contributed by atoms with Gasteiger partial charge in [-0.05, 0) is 30.3 Å². The van der Waals surface area contributed by atoms with E-state index in [0.29, 0.717) is 36.3 Å². The van der Waals surface area contributed by atoms with Crippen molar-refractivity contribution in [3.63, 3.8) is 0 Å². The minimum Gasteiger partial charge on any atom is -0.497 e. The molecule has 2 aliphatic rings. The number of ether oxygens (including phenoxy) is 2. The topological polar surface area (TPSA) is 113 Å². The van der Waals surface area contributed by atoms with Crippen LogP contribution in [-0.2, 0) is 14.3 Å². The number of furan rings is 1. The number of nitrogens with one attached hydrogen (secondary N) is 2. The van der Waals surface area contributed by atoms with Crippen molar-refractivity contribution in [3.8, 4) is 5.75 Å². The highest BCUT2D eigenvalue weighted by atomic mass is 16.5. The first-order valence-electron chi connectivity index (χ1n) is 9.74. The van der Waals surface area contributed by atoms with Crippen molar-refractivity contribution in [2.75, 3.05) is 50.2 Å². The number of hydrogen-bond acceptors (Lipinski definition) is 7. The lowest BCUT2D eigenvalue weighted by atomic mass is 10.3. The van der Waals surface area contributed by atoms with E-state index in [1.165, 1.54) is 6.08 Å². The molecule has 4 rings (SSSR count). The zero-order valence-corrected chi connectivity index (χ0v) is 16.9. The number of amides is 4. The van der Waals surface area contributed by atoms with Crippen molar-refractivity contribution in [1.82, 2.24) is 10.2 Å². The molecule has 31 heavy (non-hydrogen) atoms. The zero-order chi connectivity index (χ0) is 21.8. The van der Waals surface area contributed by atoms with E-state index >= 15 is 0 Å². The predicted molar refractivity (Wildman–Crippen MR) is 112 cm³/mol.